The Morgan fingerprint density at radius 2 is 2.17 bits per heavy atom. The summed E-state index contributed by atoms with van der Waals surface area (Å²) in [7, 11) is 0. The molecule has 0 aliphatic heterocycles. The van der Waals surface area contributed by atoms with Crippen molar-refractivity contribution in [3.63, 3.8) is 0 Å². The molecule has 0 aromatic heterocycles. The molecule has 0 aromatic rings. The number of carbonyl (C=O) groups is 3. The van der Waals surface area contributed by atoms with Gasteiger partial charge in [0.1, 0.15) is 0 Å². The Labute approximate surface area is 116 Å². The average molecular weight is 370 g/mol. The minimum atomic E-state index is -1.84. The molecular weight excluding hydrogens is 353 g/mol. The van der Waals surface area contributed by atoms with Crippen molar-refractivity contribution in [2.45, 2.75) is 31.7 Å². The van der Waals surface area contributed by atoms with Crippen LogP contribution in [0, 0.1) is 5.92 Å². The van der Waals surface area contributed by atoms with Gasteiger partial charge < -0.3 is 0 Å². The van der Waals surface area contributed by atoms with Gasteiger partial charge in [0.25, 0.3) is 0 Å². The molecule has 0 aromatic carbocycles. The van der Waals surface area contributed by atoms with E-state index in [1.807, 2.05) is 0 Å². The van der Waals surface area contributed by atoms with Gasteiger partial charge in [0, 0.05) is 0 Å². The van der Waals surface area contributed by atoms with Crippen molar-refractivity contribution in [2.75, 3.05) is 11.5 Å². The summed E-state index contributed by atoms with van der Waals surface area (Å²) in [6.07, 6.45) is 0.898. The third-order valence-electron chi connectivity index (χ3n) is 2.99. The fraction of sp³-hybridized carbons (Fsp3) is 0.727. The van der Waals surface area contributed by atoms with Crippen molar-refractivity contribution < 1.29 is 43.8 Å². The van der Waals surface area contributed by atoms with E-state index in [1.165, 1.54) is 0 Å². The van der Waals surface area contributed by atoms with E-state index in [2.05, 4.69) is 0 Å². The van der Waals surface area contributed by atoms with Gasteiger partial charge >= 0.3 is 116 Å². The summed E-state index contributed by atoms with van der Waals surface area (Å²) in [4.78, 5) is 36.9. The van der Waals surface area contributed by atoms with E-state index >= 15 is 0 Å². The SMILES string of the molecule is CCOC(=O)C(N)(C(=O)O[I-]C)[C@@H]1CCC(=O)C1. The fourth-order valence-electron chi connectivity index (χ4n) is 2.00. The van der Waals surface area contributed by atoms with Crippen molar-refractivity contribution in [2.24, 2.45) is 11.7 Å². The van der Waals surface area contributed by atoms with E-state index in [9.17, 15) is 14.4 Å². The summed E-state index contributed by atoms with van der Waals surface area (Å²) < 4.78 is 9.81. The third-order valence-corrected chi connectivity index (χ3v) is 3.83. The minimum absolute atomic E-state index is 0.0121. The molecule has 2 atom stereocenters. The predicted octanol–water partition coefficient (Wildman–Crippen LogP) is -3.21. The molecule has 1 fully saturated rings. The zero-order valence-corrected chi connectivity index (χ0v) is 12.6. The molecule has 104 valence electrons. The number of hydrogen-bond donors (Lipinski definition) is 1. The molecule has 1 rings (SSSR count). The van der Waals surface area contributed by atoms with Crippen LogP contribution in [0.5, 0.6) is 0 Å². The van der Waals surface area contributed by atoms with Crippen molar-refractivity contribution in [3.05, 3.63) is 0 Å². The molecule has 0 spiro atoms. The van der Waals surface area contributed by atoms with Crippen molar-refractivity contribution in [1.29, 1.82) is 0 Å². The molecule has 1 saturated carbocycles. The van der Waals surface area contributed by atoms with Gasteiger partial charge in [-0.25, -0.2) is 0 Å². The van der Waals surface area contributed by atoms with Crippen LogP contribution in [-0.2, 0) is 22.2 Å². The van der Waals surface area contributed by atoms with Crippen molar-refractivity contribution in [1.82, 2.24) is 0 Å². The van der Waals surface area contributed by atoms with Gasteiger partial charge in [0.15, 0.2) is 0 Å². The number of rotatable bonds is 5. The number of ether oxygens (including phenoxy) is 1. The number of nitrogens with two attached hydrogens (primary N) is 1. The maximum absolute atomic E-state index is 11.9. The summed E-state index contributed by atoms with van der Waals surface area (Å²) in [5, 5.41) is 0. The Bertz CT molecular complexity index is 339. The van der Waals surface area contributed by atoms with E-state index in [1.54, 1.807) is 11.9 Å². The van der Waals surface area contributed by atoms with Crippen LogP contribution in [0.3, 0.4) is 0 Å². The Kier molecular flexibility index (Phi) is 5.51. The maximum atomic E-state index is 11.9. The molecule has 1 unspecified atom stereocenters. The number of carbonyl (C=O) groups excluding carboxylic acids is 3. The van der Waals surface area contributed by atoms with Gasteiger partial charge in [-0.2, -0.15) is 0 Å². The van der Waals surface area contributed by atoms with Crippen LogP contribution in [0.2, 0.25) is 0 Å². The van der Waals surface area contributed by atoms with Gasteiger partial charge in [-0.3, -0.25) is 0 Å². The van der Waals surface area contributed by atoms with Crippen LogP contribution >= 0.6 is 0 Å². The molecule has 0 heterocycles. The second kappa shape index (κ2) is 6.46. The first-order chi connectivity index (χ1) is 8.46. The summed E-state index contributed by atoms with van der Waals surface area (Å²) in [5.74, 6) is -2.08. The van der Waals surface area contributed by atoms with Crippen LogP contribution in [0.25, 0.3) is 0 Å². The molecule has 1 aliphatic carbocycles. The van der Waals surface area contributed by atoms with E-state index < -0.39 is 45.0 Å². The molecule has 7 heteroatoms. The number of alkyl halides is 1. The van der Waals surface area contributed by atoms with Gasteiger partial charge in [-0.15, -0.1) is 0 Å². The molecule has 18 heavy (non-hydrogen) atoms. The zero-order chi connectivity index (χ0) is 13.8. The van der Waals surface area contributed by atoms with Gasteiger partial charge in [0.05, 0.1) is 0 Å². The second-order valence-corrected chi connectivity index (χ2v) is 5.41. The van der Waals surface area contributed by atoms with E-state index in [0.29, 0.717) is 12.8 Å². The number of hydrogen-bond acceptors (Lipinski definition) is 6. The summed E-state index contributed by atoms with van der Waals surface area (Å²) in [6, 6.07) is 0. The topological polar surface area (TPSA) is 95.7 Å². The molecule has 1 aliphatic rings. The molecule has 0 radical (unpaired) electrons. The molecule has 6 nitrogen and oxygen atoms in total. The number of ketones is 1. The average Bonchev–Trinajstić information content (AvgIpc) is 2.75. The van der Waals surface area contributed by atoms with Crippen molar-refractivity contribution in [3.8, 4) is 0 Å². The molecule has 0 amide bonds. The Balaban J connectivity index is 2.96. The van der Waals surface area contributed by atoms with Crippen LogP contribution in [0.1, 0.15) is 26.2 Å². The van der Waals surface area contributed by atoms with Crippen LogP contribution in [-0.4, -0.2) is 34.8 Å². The quantitative estimate of drug-likeness (QED) is 0.237. The fourth-order valence-corrected chi connectivity index (χ4v) is 2.77. The van der Waals surface area contributed by atoms with E-state index in [4.69, 9.17) is 13.5 Å². The number of halogens is 1. The Morgan fingerprint density at radius 3 is 2.61 bits per heavy atom. The van der Waals surface area contributed by atoms with Crippen LogP contribution in [0.15, 0.2) is 0 Å². The molecule has 0 saturated heterocycles. The number of esters is 1. The molecule has 0 bridgehead atoms. The first-order valence-electron chi connectivity index (χ1n) is 5.65. The van der Waals surface area contributed by atoms with Gasteiger partial charge in [-0.05, 0) is 0 Å². The monoisotopic (exact) mass is 370 g/mol. The standard InChI is InChI=1S/C11H17INO5/c1-3-17-9(15)11(13,10(16)18-12-2)7-4-5-8(14)6-7/h7H,3-6,13H2,1-2H3/q-1/t7-,11?/m1/s1. The van der Waals surface area contributed by atoms with E-state index in [-0.39, 0.29) is 18.8 Å². The predicted molar refractivity (Wildman–Crippen MR) is 57.9 cm³/mol. The zero-order valence-electron chi connectivity index (χ0n) is 10.4. The van der Waals surface area contributed by atoms with Crippen molar-refractivity contribution >= 4 is 17.7 Å². The first-order valence-corrected chi connectivity index (χ1v) is 8.69. The molecule has 2 N–H and O–H groups in total. The van der Waals surface area contributed by atoms with Gasteiger partial charge in [0.2, 0.25) is 0 Å². The van der Waals surface area contributed by atoms with Crippen LogP contribution < -0.4 is 27.4 Å². The number of Topliss-reactive ketones (excluding diaryl/α,β-unsaturated/α-hetero) is 1. The Hall–Kier alpha value is -0.700. The van der Waals surface area contributed by atoms with E-state index in [0.717, 1.165) is 0 Å². The molecular formula is C11H17INO5-. The Morgan fingerprint density at radius 1 is 1.50 bits per heavy atom. The summed E-state index contributed by atoms with van der Waals surface area (Å²) >= 11 is -0.783. The van der Waals surface area contributed by atoms with Gasteiger partial charge in [-0.1, -0.05) is 0 Å². The third kappa shape index (κ3) is 3.00. The summed E-state index contributed by atoms with van der Waals surface area (Å²) in [5.41, 5.74) is 4.11. The summed E-state index contributed by atoms with van der Waals surface area (Å²) in [6.45, 7) is 1.77. The van der Waals surface area contributed by atoms with Crippen LogP contribution in [0.4, 0.5) is 0 Å². The first kappa shape index (κ1) is 15.4. The second-order valence-electron chi connectivity index (χ2n) is 4.09. The normalized spacial score (nSPS) is 22.6.